The summed E-state index contributed by atoms with van der Waals surface area (Å²) >= 11 is 0. The Morgan fingerprint density at radius 2 is 2.19 bits per heavy atom. The maximum Gasteiger partial charge on any atom is 0.336 e. The van der Waals surface area contributed by atoms with E-state index in [1.807, 2.05) is 18.2 Å². The van der Waals surface area contributed by atoms with Crippen molar-refractivity contribution in [3.63, 3.8) is 0 Å². The minimum atomic E-state index is -0.870. The molecule has 2 bridgehead atoms. The molecule has 2 nitrogen and oxygen atoms in total. The van der Waals surface area contributed by atoms with Crippen molar-refractivity contribution in [1.29, 1.82) is 0 Å². The van der Waals surface area contributed by atoms with E-state index in [1.54, 1.807) is 12.1 Å². The van der Waals surface area contributed by atoms with E-state index in [9.17, 15) is 9.90 Å². The van der Waals surface area contributed by atoms with Gasteiger partial charge in [0.2, 0.25) is 0 Å². The molecule has 1 N–H and O–H groups in total. The van der Waals surface area contributed by atoms with Crippen LogP contribution in [0.3, 0.4) is 0 Å². The van der Waals surface area contributed by atoms with E-state index in [0.29, 0.717) is 5.56 Å². The summed E-state index contributed by atoms with van der Waals surface area (Å²) in [5.41, 5.74) is 2.76. The summed E-state index contributed by atoms with van der Waals surface area (Å²) in [5, 5.41) is 9.21. The molecule has 21 heavy (non-hydrogen) atoms. The Kier molecular flexibility index (Phi) is 3.48. The molecule has 2 aliphatic carbocycles. The number of carboxylic acids is 1. The van der Waals surface area contributed by atoms with Crippen LogP contribution in [0.15, 0.2) is 42.5 Å². The van der Waals surface area contributed by atoms with E-state index in [-0.39, 0.29) is 5.41 Å². The molecule has 0 aromatic heterocycles. The quantitative estimate of drug-likeness (QED) is 0.807. The van der Waals surface area contributed by atoms with Crippen molar-refractivity contribution in [2.75, 3.05) is 0 Å². The average Bonchev–Trinajstić information content (AvgIpc) is 3.03. The molecule has 2 fully saturated rings. The first kappa shape index (κ1) is 14.1. The van der Waals surface area contributed by atoms with Gasteiger partial charge in [0.15, 0.2) is 0 Å². The maximum absolute atomic E-state index is 11.2. The second-order valence-electron chi connectivity index (χ2n) is 6.65. The summed E-state index contributed by atoms with van der Waals surface area (Å²) < 4.78 is 0. The van der Waals surface area contributed by atoms with Gasteiger partial charge in [-0.3, -0.25) is 0 Å². The normalized spacial score (nSPS) is 31.2. The summed E-state index contributed by atoms with van der Waals surface area (Å²) in [6.07, 6.45) is 8.97. The fourth-order valence-corrected chi connectivity index (χ4v) is 4.17. The number of carbonyl (C=O) groups is 1. The first-order chi connectivity index (χ1) is 10.0. The molecular weight excluding hydrogens is 260 g/mol. The molecule has 2 aliphatic rings. The molecule has 0 amide bonds. The zero-order chi connectivity index (χ0) is 15.0. The van der Waals surface area contributed by atoms with E-state index >= 15 is 0 Å². The van der Waals surface area contributed by atoms with Crippen LogP contribution in [0.1, 0.15) is 48.5 Å². The van der Waals surface area contributed by atoms with Crippen LogP contribution >= 0.6 is 0 Å². The van der Waals surface area contributed by atoms with Crippen LogP contribution in [0.2, 0.25) is 0 Å². The molecular formula is C19H22O2. The van der Waals surface area contributed by atoms with Gasteiger partial charge in [0.25, 0.3) is 0 Å². The Labute approximate surface area is 126 Å². The minimum Gasteiger partial charge on any atom is -0.478 e. The fourth-order valence-electron chi connectivity index (χ4n) is 4.17. The molecule has 2 heteroatoms. The smallest absolute Gasteiger partial charge is 0.336 e. The van der Waals surface area contributed by atoms with Crippen molar-refractivity contribution in [3.05, 3.63) is 53.6 Å². The van der Waals surface area contributed by atoms with Crippen LogP contribution in [0.4, 0.5) is 0 Å². The molecule has 0 radical (unpaired) electrons. The lowest BCUT2D eigenvalue weighted by atomic mass is 9.69. The molecule has 0 spiro atoms. The van der Waals surface area contributed by atoms with Crippen LogP contribution in [-0.4, -0.2) is 11.1 Å². The topological polar surface area (TPSA) is 37.3 Å². The summed E-state index contributed by atoms with van der Waals surface area (Å²) in [7, 11) is 0. The number of aromatic carboxylic acids is 1. The molecule has 0 saturated heterocycles. The monoisotopic (exact) mass is 282 g/mol. The van der Waals surface area contributed by atoms with Gasteiger partial charge < -0.3 is 5.11 Å². The Bertz CT molecular complexity index is 614. The van der Waals surface area contributed by atoms with Crippen LogP contribution in [-0.2, 0) is 0 Å². The highest BCUT2D eigenvalue weighted by atomic mass is 16.4. The lowest BCUT2D eigenvalue weighted by Crippen LogP contribution is -2.25. The molecule has 1 aromatic rings. The van der Waals surface area contributed by atoms with Crippen LogP contribution < -0.4 is 0 Å². The SMILES string of the molecule is C=C1C2CCC(C2)C1(C)C/C=C/c1ccccc1C(=O)O. The standard InChI is InChI=1S/C19H22O2/c1-13-15-9-10-16(12-15)19(13,2)11-5-7-14-6-3-4-8-17(14)18(20)21/h3-8,15-16H,1,9-12H2,2H3,(H,20,21)/b7-5+. The third kappa shape index (κ3) is 2.33. The summed E-state index contributed by atoms with van der Waals surface area (Å²) in [6.45, 7) is 6.66. The Morgan fingerprint density at radius 3 is 2.86 bits per heavy atom. The van der Waals surface area contributed by atoms with Gasteiger partial charge in [-0.2, -0.15) is 0 Å². The highest BCUT2D eigenvalue weighted by Crippen LogP contribution is 2.60. The molecule has 0 aliphatic heterocycles. The van der Waals surface area contributed by atoms with Crippen molar-refractivity contribution < 1.29 is 9.90 Å². The van der Waals surface area contributed by atoms with Gasteiger partial charge in [0, 0.05) is 0 Å². The van der Waals surface area contributed by atoms with Crippen molar-refractivity contribution in [2.45, 2.75) is 32.6 Å². The van der Waals surface area contributed by atoms with Gasteiger partial charge in [-0.15, -0.1) is 0 Å². The Balaban J connectivity index is 1.76. The van der Waals surface area contributed by atoms with Crippen LogP contribution in [0.5, 0.6) is 0 Å². The van der Waals surface area contributed by atoms with E-state index in [2.05, 4.69) is 19.6 Å². The molecule has 2 saturated carbocycles. The van der Waals surface area contributed by atoms with Gasteiger partial charge in [0.05, 0.1) is 5.56 Å². The van der Waals surface area contributed by atoms with Gasteiger partial charge >= 0.3 is 5.97 Å². The lowest BCUT2D eigenvalue weighted by molar-refractivity contribution is 0.0696. The number of hydrogen-bond donors (Lipinski definition) is 1. The summed E-state index contributed by atoms with van der Waals surface area (Å²) in [4.78, 5) is 11.2. The van der Waals surface area contributed by atoms with Crippen LogP contribution in [0, 0.1) is 17.3 Å². The van der Waals surface area contributed by atoms with Gasteiger partial charge in [-0.1, -0.05) is 49.4 Å². The van der Waals surface area contributed by atoms with E-state index < -0.39 is 5.97 Å². The highest BCUT2D eigenvalue weighted by molar-refractivity contribution is 5.92. The summed E-state index contributed by atoms with van der Waals surface area (Å²) in [5.74, 6) is 0.611. The van der Waals surface area contributed by atoms with Crippen LogP contribution in [0.25, 0.3) is 6.08 Å². The number of benzene rings is 1. The molecule has 0 heterocycles. The van der Waals surface area contributed by atoms with Crippen molar-refractivity contribution in [1.82, 2.24) is 0 Å². The maximum atomic E-state index is 11.2. The number of carboxylic acid groups (broad SMARTS) is 1. The summed E-state index contributed by atoms with van der Waals surface area (Å²) in [6, 6.07) is 7.16. The second kappa shape index (κ2) is 5.18. The van der Waals surface area contributed by atoms with E-state index in [4.69, 9.17) is 0 Å². The van der Waals surface area contributed by atoms with Gasteiger partial charge in [-0.05, 0) is 54.6 Å². The second-order valence-corrected chi connectivity index (χ2v) is 6.65. The fraction of sp³-hybridized carbons (Fsp3) is 0.421. The number of rotatable bonds is 4. The Morgan fingerprint density at radius 1 is 1.43 bits per heavy atom. The van der Waals surface area contributed by atoms with Crippen molar-refractivity contribution in [2.24, 2.45) is 17.3 Å². The molecule has 3 rings (SSSR count). The highest BCUT2D eigenvalue weighted by Gasteiger charge is 2.49. The third-order valence-corrected chi connectivity index (χ3v) is 5.59. The first-order valence-electron chi connectivity index (χ1n) is 7.70. The molecule has 3 unspecified atom stereocenters. The lowest BCUT2D eigenvalue weighted by Gasteiger charge is -2.35. The third-order valence-electron chi connectivity index (χ3n) is 5.59. The first-order valence-corrected chi connectivity index (χ1v) is 7.70. The Hall–Kier alpha value is -1.83. The molecule has 3 atom stereocenters. The van der Waals surface area contributed by atoms with Crippen molar-refractivity contribution in [3.8, 4) is 0 Å². The number of allylic oxidation sites excluding steroid dienone is 2. The predicted octanol–water partition coefficient (Wildman–Crippen LogP) is 4.78. The van der Waals surface area contributed by atoms with E-state index in [1.165, 1.54) is 24.8 Å². The number of hydrogen-bond acceptors (Lipinski definition) is 1. The largest absolute Gasteiger partial charge is 0.478 e. The minimum absolute atomic E-state index is 0.206. The number of fused-ring (bicyclic) bond motifs is 2. The zero-order valence-electron chi connectivity index (χ0n) is 12.5. The van der Waals surface area contributed by atoms with Gasteiger partial charge in [0.1, 0.15) is 0 Å². The van der Waals surface area contributed by atoms with Gasteiger partial charge in [-0.25, -0.2) is 4.79 Å². The zero-order valence-corrected chi connectivity index (χ0v) is 12.5. The van der Waals surface area contributed by atoms with Crippen molar-refractivity contribution >= 4 is 12.0 Å². The molecule has 1 aromatic carbocycles. The van der Waals surface area contributed by atoms with E-state index in [0.717, 1.165) is 23.8 Å². The predicted molar refractivity (Wildman–Crippen MR) is 85.1 cm³/mol. The molecule has 110 valence electrons. The average molecular weight is 282 g/mol.